The van der Waals surface area contributed by atoms with Crippen LogP contribution in [-0.4, -0.2) is 60.5 Å². The van der Waals surface area contributed by atoms with Crippen molar-refractivity contribution >= 4 is 23.5 Å². The fraction of sp³-hybridized carbons (Fsp3) is 0.654. The summed E-state index contributed by atoms with van der Waals surface area (Å²) in [5, 5.41) is 0. The highest BCUT2D eigenvalue weighted by Crippen LogP contribution is 2.29. The van der Waals surface area contributed by atoms with Crippen molar-refractivity contribution in [2.24, 2.45) is 16.1 Å². The lowest BCUT2D eigenvalue weighted by Crippen LogP contribution is -2.42. The number of carbonyl (C=O) groups is 2. The van der Waals surface area contributed by atoms with E-state index in [0.29, 0.717) is 44.6 Å². The summed E-state index contributed by atoms with van der Waals surface area (Å²) >= 11 is 0. The Balaban J connectivity index is 1.46. The van der Waals surface area contributed by atoms with Crippen LogP contribution in [0.4, 0.5) is 5.69 Å². The zero-order chi connectivity index (χ0) is 24.7. The molecule has 1 aromatic carbocycles. The van der Waals surface area contributed by atoms with Gasteiger partial charge in [-0.1, -0.05) is 40.0 Å². The molecule has 1 aliphatic heterocycles. The molecule has 188 valence electrons. The van der Waals surface area contributed by atoms with Crippen molar-refractivity contribution in [2.75, 3.05) is 26.8 Å². The number of rotatable bonds is 9. The van der Waals surface area contributed by atoms with Gasteiger partial charge in [-0.25, -0.2) is 4.99 Å². The topological polar surface area (TPSA) is 97.5 Å². The third-order valence-electron chi connectivity index (χ3n) is 6.28. The number of nitrogens with zero attached hydrogens (tertiary/aromatic N) is 3. The zero-order valence-corrected chi connectivity index (χ0v) is 21.1. The summed E-state index contributed by atoms with van der Waals surface area (Å²) < 4.78 is 11.3. The van der Waals surface area contributed by atoms with Gasteiger partial charge in [0.25, 0.3) is 0 Å². The summed E-state index contributed by atoms with van der Waals surface area (Å²) in [5.41, 5.74) is 7.68. The first-order valence-corrected chi connectivity index (χ1v) is 12.4. The van der Waals surface area contributed by atoms with E-state index in [4.69, 9.17) is 15.2 Å². The Morgan fingerprint density at radius 1 is 1.21 bits per heavy atom. The highest BCUT2D eigenvalue weighted by atomic mass is 16.5. The van der Waals surface area contributed by atoms with Gasteiger partial charge >= 0.3 is 5.97 Å². The summed E-state index contributed by atoms with van der Waals surface area (Å²) in [6.45, 7) is 7.37. The van der Waals surface area contributed by atoms with Crippen LogP contribution in [0.15, 0.2) is 23.2 Å². The molecular formula is C26H40N4O4. The lowest BCUT2D eigenvalue weighted by atomic mass is 9.94. The number of aliphatic imine (C=N–C) groups is 1. The number of guanidine groups is 1. The SMILES string of the molecule is CN(C(=O)CCCOc1ccc2c(c1)CN(CC(=O)OCC(C)(C)C)C(N)=N2)C1CCCCC1. The number of hydrogen-bond acceptors (Lipinski definition) is 7. The molecule has 0 radical (unpaired) electrons. The minimum absolute atomic E-state index is 0.0482. The van der Waals surface area contributed by atoms with Gasteiger partial charge in [0.05, 0.1) is 18.9 Å². The molecule has 2 aliphatic rings. The van der Waals surface area contributed by atoms with E-state index in [9.17, 15) is 9.59 Å². The molecule has 1 aliphatic carbocycles. The molecule has 0 spiro atoms. The number of fused-ring (bicyclic) bond motifs is 1. The van der Waals surface area contributed by atoms with Crippen molar-refractivity contribution in [2.45, 2.75) is 78.3 Å². The predicted octanol–water partition coefficient (Wildman–Crippen LogP) is 3.99. The van der Waals surface area contributed by atoms with E-state index in [2.05, 4.69) is 4.99 Å². The number of benzene rings is 1. The minimum atomic E-state index is -0.327. The maximum absolute atomic E-state index is 12.5. The molecule has 1 saturated carbocycles. The third kappa shape index (κ3) is 7.64. The Bertz CT molecular complexity index is 887. The number of ether oxygens (including phenoxy) is 2. The van der Waals surface area contributed by atoms with Crippen molar-refractivity contribution in [3.63, 3.8) is 0 Å². The standard InChI is InChI=1S/C26H40N4O4/c1-26(2,3)18-34-24(32)17-30-16-19-15-21(12-13-22(19)28-25(30)27)33-14-8-11-23(31)29(4)20-9-6-5-7-10-20/h12-13,15,20H,5-11,14,16-18H2,1-4H3,(H2,27,28). The van der Waals surface area contributed by atoms with Crippen LogP contribution in [0.5, 0.6) is 5.75 Å². The summed E-state index contributed by atoms with van der Waals surface area (Å²) in [7, 11) is 1.93. The number of hydrogen-bond donors (Lipinski definition) is 1. The molecule has 3 rings (SSSR count). The molecule has 1 aromatic rings. The summed E-state index contributed by atoms with van der Waals surface area (Å²) in [5.74, 6) is 0.888. The fourth-order valence-corrected chi connectivity index (χ4v) is 4.27. The van der Waals surface area contributed by atoms with E-state index in [1.807, 2.05) is 50.9 Å². The third-order valence-corrected chi connectivity index (χ3v) is 6.28. The largest absolute Gasteiger partial charge is 0.494 e. The fourth-order valence-electron chi connectivity index (χ4n) is 4.27. The molecular weight excluding hydrogens is 432 g/mol. The second-order valence-corrected chi connectivity index (χ2v) is 10.6. The van der Waals surface area contributed by atoms with Crippen LogP contribution in [0.1, 0.15) is 71.3 Å². The molecule has 0 saturated heterocycles. The van der Waals surface area contributed by atoms with Crippen LogP contribution in [-0.2, 0) is 20.9 Å². The molecule has 34 heavy (non-hydrogen) atoms. The van der Waals surface area contributed by atoms with Gasteiger partial charge in [0.2, 0.25) is 5.91 Å². The smallest absolute Gasteiger partial charge is 0.325 e. The first-order valence-electron chi connectivity index (χ1n) is 12.4. The lowest BCUT2D eigenvalue weighted by Gasteiger charge is -2.31. The zero-order valence-electron chi connectivity index (χ0n) is 21.1. The Morgan fingerprint density at radius 2 is 1.94 bits per heavy atom. The van der Waals surface area contributed by atoms with E-state index >= 15 is 0 Å². The van der Waals surface area contributed by atoms with E-state index in [1.54, 1.807) is 4.90 Å². The van der Waals surface area contributed by atoms with Crippen LogP contribution < -0.4 is 10.5 Å². The van der Waals surface area contributed by atoms with Gasteiger partial charge in [-0.05, 0) is 42.9 Å². The molecule has 1 heterocycles. The van der Waals surface area contributed by atoms with E-state index in [0.717, 1.165) is 29.8 Å². The monoisotopic (exact) mass is 472 g/mol. The van der Waals surface area contributed by atoms with E-state index in [1.165, 1.54) is 19.3 Å². The number of carbonyl (C=O) groups excluding carboxylic acids is 2. The average molecular weight is 473 g/mol. The van der Waals surface area contributed by atoms with Gasteiger partial charge in [-0.3, -0.25) is 9.59 Å². The summed E-state index contributed by atoms with van der Waals surface area (Å²) in [6, 6.07) is 6.05. The number of nitrogens with two attached hydrogens (primary N) is 1. The number of amides is 1. The molecule has 0 aromatic heterocycles. The van der Waals surface area contributed by atoms with Crippen LogP contribution in [0.25, 0.3) is 0 Å². The van der Waals surface area contributed by atoms with Gasteiger partial charge in [-0.15, -0.1) is 0 Å². The van der Waals surface area contributed by atoms with Crippen LogP contribution in [0.2, 0.25) is 0 Å². The van der Waals surface area contributed by atoms with Gasteiger partial charge in [0, 0.05) is 31.6 Å². The first-order chi connectivity index (χ1) is 16.1. The summed E-state index contributed by atoms with van der Waals surface area (Å²) in [4.78, 5) is 32.8. The van der Waals surface area contributed by atoms with Crippen molar-refractivity contribution in [3.8, 4) is 5.75 Å². The first kappa shape index (κ1) is 25.8. The maximum atomic E-state index is 12.5. The van der Waals surface area contributed by atoms with Gasteiger partial charge < -0.3 is 25.0 Å². The normalized spacial score (nSPS) is 16.5. The molecule has 8 heteroatoms. The van der Waals surface area contributed by atoms with Crippen LogP contribution in [0, 0.1) is 5.41 Å². The van der Waals surface area contributed by atoms with E-state index in [-0.39, 0.29) is 23.8 Å². The molecule has 0 unspecified atom stereocenters. The number of esters is 1. The van der Waals surface area contributed by atoms with Crippen molar-refractivity contribution in [3.05, 3.63) is 23.8 Å². The highest BCUT2D eigenvalue weighted by molar-refractivity contribution is 5.87. The predicted molar refractivity (Wildman–Crippen MR) is 133 cm³/mol. The Labute approximate surface area is 203 Å². The second-order valence-electron chi connectivity index (χ2n) is 10.6. The molecule has 8 nitrogen and oxygen atoms in total. The Hall–Kier alpha value is -2.77. The average Bonchev–Trinajstić information content (AvgIpc) is 2.80. The van der Waals surface area contributed by atoms with Gasteiger partial charge in [0.1, 0.15) is 12.3 Å². The molecule has 1 fully saturated rings. The van der Waals surface area contributed by atoms with Crippen LogP contribution >= 0.6 is 0 Å². The van der Waals surface area contributed by atoms with Crippen molar-refractivity contribution < 1.29 is 19.1 Å². The lowest BCUT2D eigenvalue weighted by molar-refractivity contribution is -0.146. The quantitative estimate of drug-likeness (QED) is 0.431. The Kier molecular flexibility index (Phi) is 8.80. The van der Waals surface area contributed by atoms with Gasteiger partial charge in [0.15, 0.2) is 5.96 Å². The van der Waals surface area contributed by atoms with Crippen LogP contribution in [0.3, 0.4) is 0 Å². The molecule has 2 N–H and O–H groups in total. The van der Waals surface area contributed by atoms with Crippen molar-refractivity contribution in [1.29, 1.82) is 0 Å². The highest BCUT2D eigenvalue weighted by Gasteiger charge is 2.23. The summed E-state index contributed by atoms with van der Waals surface area (Å²) in [6.07, 6.45) is 7.11. The minimum Gasteiger partial charge on any atom is -0.494 e. The molecule has 0 atom stereocenters. The Morgan fingerprint density at radius 3 is 2.65 bits per heavy atom. The van der Waals surface area contributed by atoms with Gasteiger partial charge in [-0.2, -0.15) is 0 Å². The second kappa shape index (κ2) is 11.6. The van der Waals surface area contributed by atoms with E-state index < -0.39 is 0 Å². The maximum Gasteiger partial charge on any atom is 0.325 e. The molecule has 0 bridgehead atoms. The van der Waals surface area contributed by atoms with Crippen molar-refractivity contribution in [1.82, 2.24) is 9.80 Å². The molecule has 1 amide bonds.